The van der Waals surface area contributed by atoms with Crippen LogP contribution in [0.2, 0.25) is 5.02 Å². The minimum absolute atomic E-state index is 0.0675. The molecule has 0 radical (unpaired) electrons. The Balaban J connectivity index is 2.31. The number of ether oxygens (including phenoxy) is 1. The van der Waals surface area contributed by atoms with E-state index in [1.807, 2.05) is 12.1 Å². The zero-order chi connectivity index (χ0) is 13.4. The Morgan fingerprint density at radius 3 is 3.00 bits per heavy atom. The number of benzene rings is 1. The maximum Gasteiger partial charge on any atom is 0.239 e. The van der Waals surface area contributed by atoms with E-state index in [-0.39, 0.29) is 12.5 Å². The highest BCUT2D eigenvalue weighted by Gasteiger charge is 2.04. The first-order chi connectivity index (χ1) is 8.63. The molecule has 0 unspecified atom stereocenters. The van der Waals surface area contributed by atoms with Gasteiger partial charge in [-0.25, -0.2) is 0 Å². The lowest BCUT2D eigenvalue weighted by Gasteiger charge is -2.09. The number of methoxy groups -OCH3 is 1. The predicted molar refractivity (Wildman–Crippen MR) is 77.1 cm³/mol. The lowest BCUT2D eigenvalue weighted by molar-refractivity contribution is -0.119. The smallest absolute Gasteiger partial charge is 0.239 e. The first kappa shape index (κ1) is 15.3. The van der Waals surface area contributed by atoms with Crippen molar-refractivity contribution in [2.24, 2.45) is 0 Å². The van der Waals surface area contributed by atoms with Crippen molar-refractivity contribution in [2.45, 2.75) is 6.42 Å². The molecule has 0 aliphatic carbocycles. The van der Waals surface area contributed by atoms with Crippen LogP contribution in [0.5, 0.6) is 0 Å². The van der Waals surface area contributed by atoms with Crippen molar-refractivity contribution >= 4 is 39.1 Å². The van der Waals surface area contributed by atoms with Gasteiger partial charge in [-0.05, 0) is 24.6 Å². The minimum Gasteiger partial charge on any atom is -0.385 e. The van der Waals surface area contributed by atoms with E-state index < -0.39 is 0 Å². The van der Waals surface area contributed by atoms with E-state index >= 15 is 0 Å². The molecule has 0 heterocycles. The van der Waals surface area contributed by atoms with Crippen LogP contribution in [-0.2, 0) is 9.53 Å². The molecule has 0 atom stereocenters. The van der Waals surface area contributed by atoms with Gasteiger partial charge in [-0.3, -0.25) is 4.79 Å². The van der Waals surface area contributed by atoms with Gasteiger partial charge in [0.05, 0.1) is 17.3 Å². The van der Waals surface area contributed by atoms with Crippen molar-refractivity contribution in [3.8, 4) is 0 Å². The van der Waals surface area contributed by atoms with Gasteiger partial charge in [-0.2, -0.15) is 0 Å². The molecule has 100 valence electrons. The summed E-state index contributed by atoms with van der Waals surface area (Å²) >= 11 is 9.34. The fraction of sp³-hybridized carbons (Fsp3) is 0.417. The molecule has 0 saturated carbocycles. The van der Waals surface area contributed by atoms with Crippen LogP contribution in [0.4, 0.5) is 5.69 Å². The zero-order valence-corrected chi connectivity index (χ0v) is 12.5. The fourth-order valence-corrected chi connectivity index (χ4v) is 1.86. The molecular formula is C12H16BrClN2O2. The van der Waals surface area contributed by atoms with E-state index in [4.69, 9.17) is 16.3 Å². The van der Waals surface area contributed by atoms with Crippen LogP contribution < -0.4 is 10.6 Å². The summed E-state index contributed by atoms with van der Waals surface area (Å²) in [5.74, 6) is -0.0675. The summed E-state index contributed by atoms with van der Waals surface area (Å²) in [7, 11) is 1.64. The van der Waals surface area contributed by atoms with Crippen LogP contribution in [-0.4, -0.2) is 32.7 Å². The fourth-order valence-electron chi connectivity index (χ4n) is 1.32. The number of nitrogens with one attached hydrogen (secondary N) is 2. The summed E-state index contributed by atoms with van der Waals surface area (Å²) in [6, 6.07) is 5.45. The van der Waals surface area contributed by atoms with Crippen molar-refractivity contribution in [3.05, 3.63) is 27.7 Å². The number of carbonyl (C=O) groups excluding carboxylic acids is 1. The SMILES string of the molecule is COCCCNC(=O)CNc1cc(Br)ccc1Cl. The number of hydrogen-bond acceptors (Lipinski definition) is 3. The summed E-state index contributed by atoms with van der Waals surface area (Å²) in [6.07, 6.45) is 0.805. The van der Waals surface area contributed by atoms with E-state index in [9.17, 15) is 4.79 Å². The molecule has 0 saturated heterocycles. The van der Waals surface area contributed by atoms with Gasteiger partial charge >= 0.3 is 0 Å². The Bertz CT molecular complexity index is 402. The Labute approximate surface area is 120 Å². The third kappa shape index (κ3) is 5.71. The second-order valence-corrected chi connectivity index (χ2v) is 5.00. The van der Waals surface area contributed by atoms with Crippen LogP contribution in [0.15, 0.2) is 22.7 Å². The summed E-state index contributed by atoms with van der Waals surface area (Å²) in [4.78, 5) is 11.5. The standard InChI is InChI=1S/C12H16BrClN2O2/c1-18-6-2-5-15-12(17)8-16-11-7-9(13)3-4-10(11)14/h3-4,7,16H,2,5-6,8H2,1H3,(H,15,17). The van der Waals surface area contributed by atoms with E-state index in [2.05, 4.69) is 26.6 Å². The average Bonchev–Trinajstić information content (AvgIpc) is 2.36. The molecule has 4 nitrogen and oxygen atoms in total. The molecular weight excluding hydrogens is 320 g/mol. The molecule has 1 aromatic carbocycles. The molecule has 6 heteroatoms. The van der Waals surface area contributed by atoms with E-state index in [1.165, 1.54) is 0 Å². The quantitative estimate of drug-likeness (QED) is 0.753. The lowest BCUT2D eigenvalue weighted by Crippen LogP contribution is -2.31. The Kier molecular flexibility index (Phi) is 7.08. The Morgan fingerprint density at radius 2 is 2.28 bits per heavy atom. The molecule has 0 fully saturated rings. The molecule has 2 N–H and O–H groups in total. The molecule has 0 aliphatic heterocycles. The maximum atomic E-state index is 11.5. The van der Waals surface area contributed by atoms with Crippen LogP contribution in [0.3, 0.4) is 0 Å². The second-order valence-electron chi connectivity index (χ2n) is 3.67. The Morgan fingerprint density at radius 1 is 1.50 bits per heavy atom. The van der Waals surface area contributed by atoms with Gasteiger partial charge in [0.1, 0.15) is 0 Å². The van der Waals surface area contributed by atoms with Crippen molar-refractivity contribution in [1.29, 1.82) is 0 Å². The third-order valence-corrected chi connectivity index (χ3v) is 3.04. The zero-order valence-electron chi connectivity index (χ0n) is 10.1. The predicted octanol–water partition coefficient (Wildman–Crippen LogP) is 2.67. The van der Waals surface area contributed by atoms with Gasteiger partial charge < -0.3 is 15.4 Å². The van der Waals surface area contributed by atoms with Gasteiger partial charge in [0, 0.05) is 24.7 Å². The highest BCUT2D eigenvalue weighted by molar-refractivity contribution is 9.10. The first-order valence-corrected chi connectivity index (χ1v) is 6.75. The monoisotopic (exact) mass is 334 g/mol. The number of carbonyl (C=O) groups is 1. The maximum absolute atomic E-state index is 11.5. The molecule has 0 aromatic heterocycles. The highest BCUT2D eigenvalue weighted by atomic mass is 79.9. The van der Waals surface area contributed by atoms with Crippen LogP contribution in [0, 0.1) is 0 Å². The van der Waals surface area contributed by atoms with Crippen LogP contribution in [0.25, 0.3) is 0 Å². The molecule has 1 amide bonds. The van der Waals surface area contributed by atoms with Crippen molar-refractivity contribution < 1.29 is 9.53 Å². The normalized spacial score (nSPS) is 10.2. The van der Waals surface area contributed by atoms with Crippen LogP contribution >= 0.6 is 27.5 Å². The summed E-state index contributed by atoms with van der Waals surface area (Å²) < 4.78 is 5.80. The van der Waals surface area contributed by atoms with Gasteiger partial charge in [-0.15, -0.1) is 0 Å². The molecule has 1 rings (SSSR count). The minimum atomic E-state index is -0.0675. The number of hydrogen-bond donors (Lipinski definition) is 2. The topological polar surface area (TPSA) is 50.4 Å². The highest BCUT2D eigenvalue weighted by Crippen LogP contribution is 2.25. The van der Waals surface area contributed by atoms with E-state index in [0.717, 1.165) is 16.6 Å². The molecule has 1 aromatic rings. The van der Waals surface area contributed by atoms with E-state index in [0.29, 0.717) is 18.2 Å². The Hall–Kier alpha value is -0.780. The van der Waals surface area contributed by atoms with Crippen molar-refractivity contribution in [2.75, 3.05) is 32.1 Å². The number of halogens is 2. The van der Waals surface area contributed by atoms with Gasteiger partial charge in [0.25, 0.3) is 0 Å². The van der Waals surface area contributed by atoms with Gasteiger partial charge in [0.2, 0.25) is 5.91 Å². The van der Waals surface area contributed by atoms with Crippen molar-refractivity contribution in [3.63, 3.8) is 0 Å². The summed E-state index contributed by atoms with van der Waals surface area (Å²) in [5, 5.41) is 6.36. The second kappa shape index (κ2) is 8.34. The number of amides is 1. The number of rotatable bonds is 7. The molecule has 0 spiro atoms. The summed E-state index contributed by atoms with van der Waals surface area (Å²) in [6.45, 7) is 1.45. The molecule has 0 aliphatic rings. The summed E-state index contributed by atoms with van der Waals surface area (Å²) in [5.41, 5.74) is 0.734. The third-order valence-electron chi connectivity index (χ3n) is 2.22. The van der Waals surface area contributed by atoms with Crippen molar-refractivity contribution in [1.82, 2.24) is 5.32 Å². The molecule has 0 bridgehead atoms. The first-order valence-electron chi connectivity index (χ1n) is 5.58. The molecule has 18 heavy (non-hydrogen) atoms. The number of anilines is 1. The van der Waals surface area contributed by atoms with Crippen LogP contribution in [0.1, 0.15) is 6.42 Å². The van der Waals surface area contributed by atoms with E-state index in [1.54, 1.807) is 13.2 Å². The van der Waals surface area contributed by atoms with Gasteiger partial charge in [0.15, 0.2) is 0 Å². The largest absolute Gasteiger partial charge is 0.385 e. The average molecular weight is 336 g/mol. The van der Waals surface area contributed by atoms with Gasteiger partial charge in [-0.1, -0.05) is 27.5 Å². The lowest BCUT2D eigenvalue weighted by atomic mass is 10.3.